The van der Waals surface area contributed by atoms with Crippen LogP contribution in [0.5, 0.6) is 0 Å². The van der Waals surface area contributed by atoms with Crippen LogP contribution in [0.3, 0.4) is 0 Å². The van der Waals surface area contributed by atoms with Crippen molar-refractivity contribution < 1.29 is 13.7 Å². The first-order valence-corrected chi connectivity index (χ1v) is 5.98. The lowest BCUT2D eigenvalue weighted by Crippen LogP contribution is -2.06. The molecule has 0 radical (unpaired) electrons. The van der Waals surface area contributed by atoms with Crippen molar-refractivity contribution in [3.05, 3.63) is 69.8 Å². The van der Waals surface area contributed by atoms with Gasteiger partial charge in [-0.2, -0.15) is 0 Å². The summed E-state index contributed by atoms with van der Waals surface area (Å²) >= 11 is 0. The number of nitro groups is 1. The van der Waals surface area contributed by atoms with E-state index in [4.69, 9.17) is 0 Å². The van der Waals surface area contributed by atoms with Crippen molar-refractivity contribution in [2.75, 3.05) is 11.9 Å². The molecule has 0 spiro atoms. The second kappa shape index (κ2) is 6.10. The first-order chi connectivity index (χ1) is 9.56. The van der Waals surface area contributed by atoms with Crippen LogP contribution in [0.15, 0.2) is 42.5 Å². The van der Waals surface area contributed by atoms with Gasteiger partial charge in [0.15, 0.2) is 0 Å². The Balaban J connectivity index is 1.91. The summed E-state index contributed by atoms with van der Waals surface area (Å²) in [6, 6.07) is 9.48. The zero-order chi connectivity index (χ0) is 14.5. The average Bonchev–Trinajstić information content (AvgIpc) is 2.42. The number of nitrogens with zero attached hydrogens (tertiary/aromatic N) is 1. The molecular formula is C14H12F2N2O2. The van der Waals surface area contributed by atoms with E-state index in [1.54, 1.807) is 12.1 Å². The maximum Gasteiger partial charge on any atom is 0.269 e. The largest absolute Gasteiger partial charge is 0.382 e. The Hall–Kier alpha value is -2.50. The van der Waals surface area contributed by atoms with Gasteiger partial charge in [-0.05, 0) is 24.1 Å². The minimum absolute atomic E-state index is 0.0336. The molecule has 0 bridgehead atoms. The summed E-state index contributed by atoms with van der Waals surface area (Å²) in [4.78, 5) is 10.0. The Bertz CT molecular complexity index is 615. The molecule has 6 heteroatoms. The van der Waals surface area contributed by atoms with E-state index in [0.717, 1.165) is 11.6 Å². The summed E-state index contributed by atoms with van der Waals surface area (Å²) in [5.41, 5.74) is 1.16. The summed E-state index contributed by atoms with van der Waals surface area (Å²) in [6.07, 6.45) is 0.578. The van der Waals surface area contributed by atoms with Crippen molar-refractivity contribution in [3.8, 4) is 0 Å². The molecule has 1 N–H and O–H groups in total. The highest BCUT2D eigenvalue weighted by atomic mass is 19.1. The lowest BCUT2D eigenvalue weighted by atomic mass is 10.1. The number of benzene rings is 2. The van der Waals surface area contributed by atoms with E-state index in [1.807, 2.05) is 0 Å². The minimum Gasteiger partial charge on any atom is -0.382 e. The maximum atomic E-state index is 13.3. The lowest BCUT2D eigenvalue weighted by molar-refractivity contribution is -0.384. The molecule has 0 heterocycles. The standard InChI is InChI=1S/C14H12F2N2O2/c15-11-3-6-14(13(16)9-11)17-8-7-10-1-4-12(5-2-10)18(19)20/h1-6,9,17H,7-8H2. The second-order valence-corrected chi connectivity index (χ2v) is 4.22. The Morgan fingerprint density at radius 1 is 1.10 bits per heavy atom. The summed E-state index contributed by atoms with van der Waals surface area (Å²) in [5, 5.41) is 13.3. The number of nitro benzene ring substituents is 1. The van der Waals surface area contributed by atoms with Crippen molar-refractivity contribution in [2.45, 2.75) is 6.42 Å². The van der Waals surface area contributed by atoms with Gasteiger partial charge in [0.05, 0.1) is 10.6 Å². The number of hydrogen-bond donors (Lipinski definition) is 1. The van der Waals surface area contributed by atoms with Crippen LogP contribution >= 0.6 is 0 Å². The van der Waals surface area contributed by atoms with Crippen molar-refractivity contribution in [1.82, 2.24) is 0 Å². The molecule has 0 aromatic heterocycles. The fraction of sp³-hybridized carbons (Fsp3) is 0.143. The molecule has 2 aromatic carbocycles. The highest BCUT2D eigenvalue weighted by Crippen LogP contribution is 2.16. The molecule has 0 aliphatic carbocycles. The van der Waals surface area contributed by atoms with Crippen LogP contribution in [0.2, 0.25) is 0 Å². The van der Waals surface area contributed by atoms with Gasteiger partial charge in [-0.15, -0.1) is 0 Å². The number of nitrogens with one attached hydrogen (secondary N) is 1. The van der Waals surface area contributed by atoms with E-state index in [1.165, 1.54) is 24.3 Å². The van der Waals surface area contributed by atoms with E-state index in [9.17, 15) is 18.9 Å². The first-order valence-electron chi connectivity index (χ1n) is 5.98. The van der Waals surface area contributed by atoms with Gasteiger partial charge in [0.2, 0.25) is 0 Å². The molecule has 104 valence electrons. The van der Waals surface area contributed by atoms with Crippen LogP contribution in [0.25, 0.3) is 0 Å². The number of anilines is 1. The normalized spacial score (nSPS) is 10.3. The van der Waals surface area contributed by atoms with Crippen LogP contribution < -0.4 is 5.32 Å². The fourth-order valence-electron chi connectivity index (χ4n) is 1.76. The Morgan fingerprint density at radius 3 is 2.40 bits per heavy atom. The quantitative estimate of drug-likeness (QED) is 0.672. The number of rotatable bonds is 5. The van der Waals surface area contributed by atoms with Crippen LogP contribution in [0.1, 0.15) is 5.56 Å². The lowest BCUT2D eigenvalue weighted by Gasteiger charge is -2.07. The SMILES string of the molecule is O=[N+]([O-])c1ccc(CCNc2ccc(F)cc2F)cc1. The Morgan fingerprint density at radius 2 is 1.80 bits per heavy atom. The monoisotopic (exact) mass is 278 g/mol. The summed E-state index contributed by atoms with van der Waals surface area (Å²) < 4.78 is 26.1. The highest BCUT2D eigenvalue weighted by Gasteiger charge is 2.05. The van der Waals surface area contributed by atoms with E-state index >= 15 is 0 Å². The van der Waals surface area contributed by atoms with Crippen molar-refractivity contribution in [3.63, 3.8) is 0 Å². The summed E-state index contributed by atoms with van der Waals surface area (Å²) in [7, 11) is 0. The van der Waals surface area contributed by atoms with Crippen LogP contribution in [0, 0.1) is 21.7 Å². The molecule has 0 saturated carbocycles. The molecule has 0 fully saturated rings. The zero-order valence-corrected chi connectivity index (χ0v) is 10.5. The molecule has 0 unspecified atom stereocenters. The molecule has 20 heavy (non-hydrogen) atoms. The number of non-ortho nitro benzene ring substituents is 1. The van der Waals surface area contributed by atoms with Gasteiger partial charge in [-0.1, -0.05) is 12.1 Å². The van der Waals surface area contributed by atoms with Gasteiger partial charge in [-0.3, -0.25) is 10.1 Å². The van der Waals surface area contributed by atoms with E-state index in [0.29, 0.717) is 13.0 Å². The number of hydrogen-bond acceptors (Lipinski definition) is 3. The summed E-state index contributed by atoms with van der Waals surface area (Å²) in [5.74, 6) is -1.27. The second-order valence-electron chi connectivity index (χ2n) is 4.22. The van der Waals surface area contributed by atoms with Gasteiger partial charge >= 0.3 is 0 Å². The number of halogens is 2. The molecular weight excluding hydrogens is 266 g/mol. The molecule has 0 aliphatic heterocycles. The third-order valence-corrected chi connectivity index (χ3v) is 2.81. The first kappa shape index (κ1) is 13.9. The van der Waals surface area contributed by atoms with E-state index < -0.39 is 16.6 Å². The van der Waals surface area contributed by atoms with Gasteiger partial charge in [0.25, 0.3) is 5.69 Å². The summed E-state index contributed by atoms with van der Waals surface area (Å²) in [6.45, 7) is 0.445. The molecule has 4 nitrogen and oxygen atoms in total. The topological polar surface area (TPSA) is 55.2 Å². The van der Waals surface area contributed by atoms with E-state index in [-0.39, 0.29) is 11.4 Å². The third-order valence-electron chi connectivity index (χ3n) is 2.81. The third kappa shape index (κ3) is 3.50. The maximum absolute atomic E-state index is 13.3. The molecule has 2 rings (SSSR count). The van der Waals surface area contributed by atoms with Gasteiger partial charge in [0.1, 0.15) is 11.6 Å². The average molecular weight is 278 g/mol. The van der Waals surface area contributed by atoms with Crippen molar-refractivity contribution in [1.29, 1.82) is 0 Å². The highest BCUT2D eigenvalue weighted by molar-refractivity contribution is 5.44. The van der Waals surface area contributed by atoms with Crippen molar-refractivity contribution in [2.24, 2.45) is 0 Å². The molecule has 0 amide bonds. The predicted octanol–water partition coefficient (Wildman–Crippen LogP) is 3.53. The smallest absolute Gasteiger partial charge is 0.269 e. The van der Waals surface area contributed by atoms with Gasteiger partial charge in [0, 0.05) is 24.7 Å². The fourth-order valence-corrected chi connectivity index (χ4v) is 1.76. The minimum atomic E-state index is -0.645. The van der Waals surface area contributed by atoms with Crippen LogP contribution in [0.4, 0.5) is 20.2 Å². The molecule has 0 aliphatic rings. The van der Waals surface area contributed by atoms with Gasteiger partial charge < -0.3 is 5.32 Å². The Kier molecular flexibility index (Phi) is 4.24. The predicted molar refractivity (Wildman–Crippen MR) is 71.6 cm³/mol. The molecule has 0 saturated heterocycles. The van der Waals surface area contributed by atoms with Gasteiger partial charge in [-0.25, -0.2) is 8.78 Å². The van der Waals surface area contributed by atoms with Crippen LogP contribution in [-0.2, 0) is 6.42 Å². The molecule has 2 aromatic rings. The zero-order valence-electron chi connectivity index (χ0n) is 10.5. The van der Waals surface area contributed by atoms with Crippen LogP contribution in [-0.4, -0.2) is 11.5 Å². The van der Waals surface area contributed by atoms with E-state index in [2.05, 4.69) is 5.32 Å². The van der Waals surface area contributed by atoms with Crippen molar-refractivity contribution >= 4 is 11.4 Å². The Labute approximate surface area is 114 Å². The molecule has 0 atom stereocenters.